The van der Waals surface area contributed by atoms with Crippen molar-refractivity contribution in [1.82, 2.24) is 0 Å². The van der Waals surface area contributed by atoms with E-state index in [2.05, 4.69) is 12.1 Å². The number of aryl methyl sites for hydroxylation is 1. The smallest absolute Gasteiger partial charge is 0.133 e. The number of furan rings is 1. The van der Waals surface area contributed by atoms with Crippen molar-refractivity contribution in [2.45, 2.75) is 32.3 Å². The monoisotopic (exact) mass is 271 g/mol. The van der Waals surface area contributed by atoms with Gasteiger partial charge in [0, 0.05) is 18.4 Å². The van der Waals surface area contributed by atoms with Gasteiger partial charge in [0.1, 0.15) is 17.6 Å². The summed E-state index contributed by atoms with van der Waals surface area (Å²) < 4.78 is 5.73. The van der Waals surface area contributed by atoms with E-state index in [9.17, 15) is 5.11 Å². The zero-order valence-corrected chi connectivity index (χ0v) is 11.8. The van der Waals surface area contributed by atoms with Crippen LogP contribution in [-0.4, -0.2) is 11.7 Å². The van der Waals surface area contributed by atoms with Gasteiger partial charge >= 0.3 is 0 Å². The standard InChI is InChI=1S/C17H21NO2/c1-2-14-7-8-15(20-14)16(19)17(11-18)9-12-5-3-4-6-13(12)10-17/h3-8,16,19H,2,9-11,18H2,1H3. The average Bonchev–Trinajstić information content (AvgIpc) is 3.11. The lowest BCUT2D eigenvalue weighted by molar-refractivity contribution is 0.0181. The summed E-state index contributed by atoms with van der Waals surface area (Å²) in [6, 6.07) is 12.1. The highest BCUT2D eigenvalue weighted by Crippen LogP contribution is 2.45. The van der Waals surface area contributed by atoms with E-state index in [1.165, 1.54) is 11.1 Å². The lowest BCUT2D eigenvalue weighted by Gasteiger charge is -2.31. The van der Waals surface area contributed by atoms with E-state index in [-0.39, 0.29) is 5.41 Å². The zero-order valence-electron chi connectivity index (χ0n) is 11.8. The van der Waals surface area contributed by atoms with Crippen LogP contribution in [0.2, 0.25) is 0 Å². The van der Waals surface area contributed by atoms with Gasteiger partial charge in [-0.1, -0.05) is 31.2 Å². The first-order valence-corrected chi connectivity index (χ1v) is 7.22. The van der Waals surface area contributed by atoms with E-state index in [4.69, 9.17) is 10.2 Å². The normalized spacial score (nSPS) is 17.9. The molecule has 0 fully saturated rings. The summed E-state index contributed by atoms with van der Waals surface area (Å²) in [5.74, 6) is 1.54. The van der Waals surface area contributed by atoms with Crippen molar-refractivity contribution >= 4 is 0 Å². The minimum absolute atomic E-state index is 0.341. The fourth-order valence-corrected chi connectivity index (χ4v) is 3.21. The molecule has 1 aliphatic rings. The minimum atomic E-state index is -0.653. The van der Waals surface area contributed by atoms with Gasteiger partial charge < -0.3 is 15.3 Å². The van der Waals surface area contributed by atoms with Crippen LogP contribution in [0.5, 0.6) is 0 Å². The molecule has 1 unspecified atom stereocenters. The van der Waals surface area contributed by atoms with Crippen molar-refractivity contribution < 1.29 is 9.52 Å². The molecular formula is C17H21NO2. The number of hydrogen-bond acceptors (Lipinski definition) is 3. The molecular weight excluding hydrogens is 250 g/mol. The van der Waals surface area contributed by atoms with Crippen LogP contribution in [0.1, 0.15) is 35.7 Å². The van der Waals surface area contributed by atoms with Gasteiger partial charge in [-0.2, -0.15) is 0 Å². The highest BCUT2D eigenvalue weighted by atomic mass is 16.4. The Labute approximate surface area is 119 Å². The van der Waals surface area contributed by atoms with Crippen LogP contribution in [0.25, 0.3) is 0 Å². The van der Waals surface area contributed by atoms with E-state index in [0.717, 1.165) is 25.0 Å². The van der Waals surface area contributed by atoms with Gasteiger partial charge in [-0.15, -0.1) is 0 Å². The molecule has 0 radical (unpaired) electrons. The summed E-state index contributed by atoms with van der Waals surface area (Å²) in [7, 11) is 0. The van der Waals surface area contributed by atoms with Crippen LogP contribution in [0, 0.1) is 5.41 Å². The van der Waals surface area contributed by atoms with Gasteiger partial charge in [-0.25, -0.2) is 0 Å². The van der Waals surface area contributed by atoms with Crippen molar-refractivity contribution in [2.75, 3.05) is 6.54 Å². The van der Waals surface area contributed by atoms with E-state index in [0.29, 0.717) is 12.3 Å². The van der Waals surface area contributed by atoms with Crippen LogP contribution in [-0.2, 0) is 19.3 Å². The number of aliphatic hydroxyl groups excluding tert-OH is 1. The Kier molecular flexibility index (Phi) is 3.40. The third-order valence-corrected chi connectivity index (χ3v) is 4.49. The second-order valence-electron chi connectivity index (χ2n) is 5.75. The number of rotatable bonds is 4. The molecule has 1 aromatic carbocycles. The molecule has 0 bridgehead atoms. The summed E-state index contributed by atoms with van der Waals surface area (Å²) in [5.41, 5.74) is 8.27. The lowest BCUT2D eigenvalue weighted by Crippen LogP contribution is -2.37. The Morgan fingerprint density at radius 3 is 2.35 bits per heavy atom. The summed E-state index contributed by atoms with van der Waals surface area (Å²) >= 11 is 0. The molecule has 0 spiro atoms. The molecule has 3 heteroatoms. The second kappa shape index (κ2) is 5.08. The van der Waals surface area contributed by atoms with Gasteiger partial charge in [0.15, 0.2) is 0 Å². The molecule has 106 valence electrons. The molecule has 2 aromatic rings. The predicted molar refractivity (Wildman–Crippen MR) is 78.4 cm³/mol. The minimum Gasteiger partial charge on any atom is -0.463 e. The molecule has 0 saturated carbocycles. The Balaban J connectivity index is 1.91. The topological polar surface area (TPSA) is 59.4 Å². The third kappa shape index (κ3) is 2.07. The van der Waals surface area contributed by atoms with E-state index < -0.39 is 6.10 Å². The van der Waals surface area contributed by atoms with Gasteiger partial charge in [-0.3, -0.25) is 0 Å². The molecule has 0 aliphatic heterocycles. The maximum atomic E-state index is 10.8. The van der Waals surface area contributed by atoms with Gasteiger partial charge in [0.05, 0.1) is 0 Å². The van der Waals surface area contributed by atoms with Gasteiger partial charge in [0.25, 0.3) is 0 Å². The van der Waals surface area contributed by atoms with Crippen molar-refractivity contribution in [2.24, 2.45) is 11.1 Å². The van der Waals surface area contributed by atoms with Crippen LogP contribution in [0.3, 0.4) is 0 Å². The molecule has 1 atom stereocenters. The van der Waals surface area contributed by atoms with E-state index in [1.54, 1.807) is 0 Å². The van der Waals surface area contributed by atoms with Crippen LogP contribution in [0.4, 0.5) is 0 Å². The summed E-state index contributed by atoms with van der Waals surface area (Å²) in [5, 5.41) is 10.8. The first kappa shape index (κ1) is 13.4. The quantitative estimate of drug-likeness (QED) is 0.898. The fraction of sp³-hybridized carbons (Fsp3) is 0.412. The maximum Gasteiger partial charge on any atom is 0.133 e. The number of nitrogens with two attached hydrogens (primary N) is 1. The second-order valence-corrected chi connectivity index (χ2v) is 5.75. The Morgan fingerprint density at radius 2 is 1.85 bits per heavy atom. The molecule has 0 saturated heterocycles. The van der Waals surface area contributed by atoms with Gasteiger partial charge in [0.2, 0.25) is 0 Å². The van der Waals surface area contributed by atoms with Crippen LogP contribution in [0.15, 0.2) is 40.8 Å². The van der Waals surface area contributed by atoms with E-state index in [1.807, 2.05) is 31.2 Å². The molecule has 1 aromatic heterocycles. The first-order chi connectivity index (χ1) is 9.68. The van der Waals surface area contributed by atoms with Crippen molar-refractivity contribution in [3.05, 3.63) is 59.0 Å². The molecule has 3 nitrogen and oxygen atoms in total. The molecule has 1 heterocycles. The Bertz CT molecular complexity index is 578. The highest BCUT2D eigenvalue weighted by molar-refractivity contribution is 5.36. The highest BCUT2D eigenvalue weighted by Gasteiger charge is 2.44. The molecule has 3 rings (SSSR count). The summed E-state index contributed by atoms with van der Waals surface area (Å²) in [4.78, 5) is 0. The van der Waals surface area contributed by atoms with Crippen molar-refractivity contribution in [1.29, 1.82) is 0 Å². The third-order valence-electron chi connectivity index (χ3n) is 4.49. The SMILES string of the molecule is CCc1ccc(C(O)C2(CN)Cc3ccccc3C2)o1. The summed E-state index contributed by atoms with van der Waals surface area (Å²) in [6.07, 6.45) is 1.80. The van der Waals surface area contributed by atoms with Crippen LogP contribution >= 0.6 is 0 Å². The fourth-order valence-electron chi connectivity index (χ4n) is 3.21. The largest absolute Gasteiger partial charge is 0.463 e. The predicted octanol–water partition coefficient (Wildman–Crippen LogP) is 2.62. The number of aliphatic hydroxyl groups is 1. The Hall–Kier alpha value is -1.58. The molecule has 3 N–H and O–H groups in total. The number of hydrogen-bond donors (Lipinski definition) is 2. The first-order valence-electron chi connectivity index (χ1n) is 7.22. The zero-order chi connectivity index (χ0) is 14.2. The lowest BCUT2D eigenvalue weighted by atomic mass is 9.78. The van der Waals surface area contributed by atoms with Crippen LogP contribution < -0.4 is 5.73 Å². The number of benzene rings is 1. The Morgan fingerprint density at radius 1 is 1.20 bits per heavy atom. The van der Waals surface area contributed by atoms with E-state index >= 15 is 0 Å². The molecule has 1 aliphatic carbocycles. The maximum absolute atomic E-state index is 10.8. The van der Waals surface area contributed by atoms with Crippen molar-refractivity contribution in [3.8, 4) is 0 Å². The number of fused-ring (bicyclic) bond motifs is 1. The summed E-state index contributed by atoms with van der Waals surface area (Å²) in [6.45, 7) is 2.49. The molecule has 20 heavy (non-hydrogen) atoms. The van der Waals surface area contributed by atoms with Gasteiger partial charge in [-0.05, 0) is 36.1 Å². The molecule has 0 amide bonds. The van der Waals surface area contributed by atoms with Crippen molar-refractivity contribution in [3.63, 3.8) is 0 Å². The average molecular weight is 271 g/mol.